The number of hydrogen-bond donors (Lipinski definition) is 2. The number of carbonyl (C=O) groups is 2. The van der Waals surface area contributed by atoms with E-state index >= 15 is 0 Å². The Morgan fingerprint density at radius 3 is 2.48 bits per heavy atom. The maximum Gasteiger partial charge on any atom is 0.355 e. The van der Waals surface area contributed by atoms with Gasteiger partial charge >= 0.3 is 5.97 Å². The van der Waals surface area contributed by atoms with Crippen molar-refractivity contribution in [3.8, 4) is 0 Å². The highest BCUT2D eigenvalue weighted by molar-refractivity contribution is 7.93. The molecule has 0 aliphatic heterocycles. The molecule has 1 atom stereocenters. The molecule has 1 aliphatic carbocycles. The second-order valence-corrected chi connectivity index (χ2v) is 9.96. The van der Waals surface area contributed by atoms with Crippen molar-refractivity contribution >= 4 is 33.1 Å². The van der Waals surface area contributed by atoms with Crippen LogP contribution in [0.2, 0.25) is 0 Å². The number of nitrogens with one attached hydrogen (secondary N) is 1. The predicted octanol–water partition coefficient (Wildman–Crippen LogP) is 2.23. The van der Waals surface area contributed by atoms with Crippen LogP contribution >= 0.6 is 11.3 Å². The van der Waals surface area contributed by atoms with Gasteiger partial charge < -0.3 is 10.4 Å². The molecule has 1 aromatic rings. The summed E-state index contributed by atoms with van der Waals surface area (Å²) in [6.45, 7) is 3.49. The molecule has 0 radical (unpaired) electrons. The van der Waals surface area contributed by atoms with Crippen LogP contribution in [-0.4, -0.2) is 40.9 Å². The Morgan fingerprint density at radius 1 is 1.32 bits per heavy atom. The number of hydrogen-bond acceptors (Lipinski definition) is 6. The average molecular weight is 389 g/mol. The van der Waals surface area contributed by atoms with Crippen LogP contribution < -0.4 is 5.32 Å². The van der Waals surface area contributed by atoms with Gasteiger partial charge in [-0.3, -0.25) is 4.79 Å². The topological polar surface area (TPSA) is 113 Å². The number of rotatable bonds is 7. The van der Waals surface area contributed by atoms with E-state index in [9.17, 15) is 18.0 Å². The lowest BCUT2D eigenvalue weighted by atomic mass is 10.0. The first-order valence-electron chi connectivity index (χ1n) is 8.41. The van der Waals surface area contributed by atoms with Gasteiger partial charge in [0, 0.05) is 5.38 Å². The zero-order valence-corrected chi connectivity index (χ0v) is 16.0. The van der Waals surface area contributed by atoms with Gasteiger partial charge in [-0.05, 0) is 18.8 Å². The molecule has 0 spiro atoms. The van der Waals surface area contributed by atoms with Gasteiger partial charge in [0.2, 0.25) is 5.91 Å². The van der Waals surface area contributed by atoms with E-state index in [-0.39, 0.29) is 18.2 Å². The van der Waals surface area contributed by atoms with E-state index < -0.39 is 32.2 Å². The molecule has 1 heterocycles. The number of carboxylic acids is 1. The number of amides is 1. The first-order chi connectivity index (χ1) is 11.7. The molecule has 25 heavy (non-hydrogen) atoms. The minimum Gasteiger partial charge on any atom is -0.476 e. The number of carbonyl (C=O) groups excluding carboxylic acids is 1. The largest absolute Gasteiger partial charge is 0.476 e. The van der Waals surface area contributed by atoms with Crippen LogP contribution in [0.15, 0.2) is 5.38 Å². The summed E-state index contributed by atoms with van der Waals surface area (Å²) >= 11 is 1.12. The Morgan fingerprint density at radius 2 is 1.96 bits per heavy atom. The Labute approximate surface area is 151 Å². The summed E-state index contributed by atoms with van der Waals surface area (Å²) in [5.74, 6) is -2.00. The summed E-state index contributed by atoms with van der Waals surface area (Å²) in [6, 6.07) is 0. The van der Waals surface area contributed by atoms with Crippen molar-refractivity contribution in [3.05, 3.63) is 16.1 Å². The Balaban J connectivity index is 2.07. The Bertz CT molecular complexity index is 721. The maximum absolute atomic E-state index is 12.9. The smallest absolute Gasteiger partial charge is 0.355 e. The van der Waals surface area contributed by atoms with Crippen molar-refractivity contribution in [1.82, 2.24) is 10.3 Å². The Kier molecular flexibility index (Phi) is 6.56. The minimum atomic E-state index is -3.56. The molecule has 9 heteroatoms. The third-order valence-corrected chi connectivity index (χ3v) is 8.14. The van der Waals surface area contributed by atoms with Gasteiger partial charge in [0.25, 0.3) is 0 Å². The highest BCUT2D eigenvalue weighted by Crippen LogP contribution is 2.29. The summed E-state index contributed by atoms with van der Waals surface area (Å²) in [5, 5.41) is 11.8. The lowest BCUT2D eigenvalue weighted by Crippen LogP contribution is -2.47. The van der Waals surface area contributed by atoms with Crippen molar-refractivity contribution in [3.63, 3.8) is 0 Å². The summed E-state index contributed by atoms with van der Waals surface area (Å²) < 4.78 is 25.8. The molecule has 0 bridgehead atoms. The van der Waals surface area contributed by atoms with Gasteiger partial charge in [0.15, 0.2) is 15.5 Å². The number of carboxylic acid groups (broad SMARTS) is 1. The number of aromatic nitrogens is 1. The SMILES string of the molecule is CC(C)C(C(=O)NCc1nc(C(=O)O)cs1)S(=O)(=O)C1CCCCC1. The van der Waals surface area contributed by atoms with Crippen LogP contribution in [0.1, 0.15) is 61.4 Å². The quantitative estimate of drug-likeness (QED) is 0.740. The minimum absolute atomic E-state index is 0.0280. The van der Waals surface area contributed by atoms with Gasteiger partial charge in [0.05, 0.1) is 11.8 Å². The first kappa shape index (κ1) is 19.8. The molecule has 1 aromatic heterocycles. The summed E-state index contributed by atoms with van der Waals surface area (Å²) in [6.07, 6.45) is 4.04. The molecule has 1 saturated carbocycles. The molecule has 1 aliphatic rings. The molecule has 1 unspecified atom stereocenters. The predicted molar refractivity (Wildman–Crippen MR) is 95.3 cm³/mol. The van der Waals surface area contributed by atoms with Gasteiger partial charge in [-0.1, -0.05) is 33.1 Å². The van der Waals surface area contributed by atoms with Crippen molar-refractivity contribution in [1.29, 1.82) is 0 Å². The van der Waals surface area contributed by atoms with Crippen molar-refractivity contribution in [2.24, 2.45) is 5.92 Å². The monoisotopic (exact) mass is 388 g/mol. The zero-order chi connectivity index (χ0) is 18.6. The second kappa shape index (κ2) is 8.27. The van der Waals surface area contributed by atoms with Gasteiger partial charge in [-0.2, -0.15) is 0 Å². The molecule has 7 nitrogen and oxygen atoms in total. The Hall–Kier alpha value is -1.48. The maximum atomic E-state index is 12.9. The van der Waals surface area contributed by atoms with Crippen LogP contribution in [0.3, 0.4) is 0 Å². The van der Waals surface area contributed by atoms with E-state index in [1.165, 1.54) is 5.38 Å². The molecule has 1 amide bonds. The molecule has 1 fully saturated rings. The van der Waals surface area contributed by atoms with Crippen molar-refractivity contribution < 1.29 is 23.1 Å². The van der Waals surface area contributed by atoms with E-state index in [1.807, 2.05) is 0 Å². The molecular weight excluding hydrogens is 364 g/mol. The third-order valence-electron chi connectivity index (χ3n) is 4.42. The van der Waals surface area contributed by atoms with Crippen molar-refractivity contribution in [2.75, 3.05) is 0 Å². The summed E-state index contributed by atoms with van der Waals surface area (Å²) in [4.78, 5) is 27.3. The van der Waals surface area contributed by atoms with E-state index in [0.717, 1.165) is 30.6 Å². The van der Waals surface area contributed by atoms with Crippen LogP contribution in [0, 0.1) is 5.92 Å². The van der Waals surface area contributed by atoms with E-state index in [4.69, 9.17) is 5.11 Å². The second-order valence-electron chi connectivity index (χ2n) is 6.66. The highest BCUT2D eigenvalue weighted by atomic mass is 32.2. The van der Waals surface area contributed by atoms with Gasteiger partial charge in [0.1, 0.15) is 10.3 Å². The van der Waals surface area contributed by atoms with Crippen LogP contribution in [-0.2, 0) is 21.2 Å². The standard InChI is InChI=1S/C16H24N2O5S2/c1-10(2)14(25(22,23)11-6-4-3-5-7-11)15(19)17-8-13-18-12(9-24-13)16(20)21/h9-11,14H,3-8H2,1-2H3,(H,17,19)(H,20,21). The molecular formula is C16H24N2O5S2. The van der Waals surface area contributed by atoms with E-state index in [2.05, 4.69) is 10.3 Å². The number of nitrogens with zero attached hydrogens (tertiary/aromatic N) is 1. The highest BCUT2D eigenvalue weighted by Gasteiger charge is 2.41. The normalized spacial score (nSPS) is 17.4. The lowest BCUT2D eigenvalue weighted by molar-refractivity contribution is -0.121. The molecule has 0 aromatic carbocycles. The molecule has 140 valence electrons. The van der Waals surface area contributed by atoms with Gasteiger partial charge in [-0.15, -0.1) is 11.3 Å². The number of thiazole rings is 1. The fourth-order valence-corrected chi connectivity index (χ4v) is 6.44. The van der Waals surface area contributed by atoms with E-state index in [0.29, 0.717) is 17.8 Å². The first-order valence-corrected chi connectivity index (χ1v) is 10.9. The molecule has 2 N–H and O–H groups in total. The fourth-order valence-electron chi connectivity index (χ4n) is 3.19. The number of aromatic carboxylic acids is 1. The van der Waals surface area contributed by atoms with Gasteiger partial charge in [-0.25, -0.2) is 18.2 Å². The van der Waals surface area contributed by atoms with Crippen LogP contribution in [0.4, 0.5) is 0 Å². The number of sulfone groups is 1. The zero-order valence-electron chi connectivity index (χ0n) is 14.4. The summed E-state index contributed by atoms with van der Waals surface area (Å²) in [7, 11) is -3.56. The molecule has 0 saturated heterocycles. The average Bonchev–Trinajstić information content (AvgIpc) is 3.02. The van der Waals surface area contributed by atoms with Crippen molar-refractivity contribution in [2.45, 2.75) is 63.0 Å². The van der Waals surface area contributed by atoms with E-state index in [1.54, 1.807) is 13.8 Å². The molecule has 2 rings (SSSR count). The summed E-state index contributed by atoms with van der Waals surface area (Å²) in [5.41, 5.74) is -0.0792. The lowest BCUT2D eigenvalue weighted by Gasteiger charge is -2.28. The fraction of sp³-hybridized carbons (Fsp3) is 0.688. The van der Waals surface area contributed by atoms with Crippen LogP contribution in [0.25, 0.3) is 0 Å². The van der Waals surface area contributed by atoms with Crippen LogP contribution in [0.5, 0.6) is 0 Å². The third kappa shape index (κ3) is 4.78.